The molecule has 140 valence electrons. The maximum atomic E-state index is 4.73. The molecule has 1 aliphatic rings. The van der Waals surface area contributed by atoms with Crippen LogP contribution < -0.4 is 10.6 Å². The maximum absolute atomic E-state index is 4.73. The van der Waals surface area contributed by atoms with Crippen LogP contribution >= 0.6 is 0 Å². The van der Waals surface area contributed by atoms with E-state index in [-0.39, 0.29) is 0 Å². The molecule has 1 aliphatic heterocycles. The third-order valence-corrected chi connectivity index (χ3v) is 4.70. The van der Waals surface area contributed by atoms with Crippen LogP contribution in [0.2, 0.25) is 0 Å². The summed E-state index contributed by atoms with van der Waals surface area (Å²) in [5, 5.41) is 15.4. The molecule has 25 heavy (non-hydrogen) atoms. The Hall–Kier alpha value is -1.89. The fourth-order valence-corrected chi connectivity index (χ4v) is 2.91. The number of nitrogens with zero attached hydrogens (tertiary/aromatic N) is 5. The molecule has 0 radical (unpaired) electrons. The maximum Gasteiger partial charge on any atom is 0.191 e. The van der Waals surface area contributed by atoms with Gasteiger partial charge in [0.25, 0.3) is 0 Å². The molecule has 1 aromatic rings. The van der Waals surface area contributed by atoms with Gasteiger partial charge in [-0.2, -0.15) is 0 Å². The normalized spacial score (nSPS) is 16.8. The number of hydrogen-bond donors (Lipinski definition) is 2. The van der Waals surface area contributed by atoms with Gasteiger partial charge >= 0.3 is 0 Å². The first-order valence-corrected chi connectivity index (χ1v) is 9.37. The van der Waals surface area contributed by atoms with Crippen molar-refractivity contribution in [3.63, 3.8) is 0 Å². The summed E-state index contributed by atoms with van der Waals surface area (Å²) in [5.41, 5.74) is 0. The third-order valence-electron chi connectivity index (χ3n) is 4.70. The zero-order valence-corrected chi connectivity index (χ0v) is 16.0. The number of aromatic nitrogens is 3. The highest BCUT2D eigenvalue weighted by Crippen LogP contribution is 2.10. The monoisotopic (exact) mass is 347 g/mol. The number of nitrogens with one attached hydrogen (secondary N) is 2. The van der Waals surface area contributed by atoms with E-state index in [9.17, 15) is 0 Å². The first-order chi connectivity index (χ1) is 12.1. The molecule has 0 aromatic carbocycles. The van der Waals surface area contributed by atoms with E-state index in [1.54, 1.807) is 0 Å². The molecule has 1 fully saturated rings. The van der Waals surface area contributed by atoms with Crippen LogP contribution in [0.3, 0.4) is 0 Å². The second kappa shape index (κ2) is 10.2. The van der Waals surface area contributed by atoms with Gasteiger partial charge in [-0.3, -0.25) is 4.90 Å². The summed E-state index contributed by atoms with van der Waals surface area (Å²) in [6, 6.07) is 0.468. The predicted octanol–water partition coefficient (Wildman–Crippen LogP) is 1.61. The van der Waals surface area contributed by atoms with Crippen molar-refractivity contribution in [3.8, 4) is 0 Å². The Morgan fingerprint density at radius 3 is 2.72 bits per heavy atom. The zero-order chi connectivity index (χ0) is 18.1. The Bertz CT molecular complexity index is 556. The number of rotatable bonds is 8. The fourth-order valence-electron chi connectivity index (χ4n) is 2.91. The summed E-state index contributed by atoms with van der Waals surface area (Å²) in [6.07, 6.45) is 6.55. The van der Waals surface area contributed by atoms with Crippen molar-refractivity contribution < 1.29 is 0 Å². The molecule has 0 aliphatic carbocycles. The lowest BCUT2D eigenvalue weighted by molar-refractivity contribution is 0.225. The number of aryl methyl sites for hydroxylation is 1. The minimum Gasteiger partial charge on any atom is -0.356 e. The Morgan fingerprint density at radius 1 is 1.36 bits per heavy atom. The van der Waals surface area contributed by atoms with Crippen LogP contribution in [0.25, 0.3) is 0 Å². The van der Waals surface area contributed by atoms with Crippen molar-refractivity contribution in [2.75, 3.05) is 26.2 Å². The van der Waals surface area contributed by atoms with E-state index in [1.807, 2.05) is 24.6 Å². The lowest BCUT2D eigenvalue weighted by atomic mass is 10.1. The Balaban J connectivity index is 1.92. The molecule has 2 N–H and O–H groups in total. The fraction of sp³-hybridized carbons (Fsp3) is 0.722. The number of piperidine rings is 1. The smallest absolute Gasteiger partial charge is 0.191 e. The van der Waals surface area contributed by atoms with Gasteiger partial charge < -0.3 is 15.2 Å². The Morgan fingerprint density at radius 2 is 2.12 bits per heavy atom. The standard InChI is InChI=1S/C18H33N7/c1-5-7-10-19-18(20-14-17-23-22-15(3)24(17)4)21-16-8-12-25(11-6-2)13-9-16/h6,16H,2,5,7-14H2,1,3-4H3,(H2,19,20,21). The van der Waals surface area contributed by atoms with Gasteiger partial charge in [-0.15, -0.1) is 16.8 Å². The molecule has 0 unspecified atom stereocenters. The lowest BCUT2D eigenvalue weighted by Crippen LogP contribution is -2.48. The van der Waals surface area contributed by atoms with Crippen LogP contribution in [-0.4, -0.2) is 57.8 Å². The molecule has 0 bridgehead atoms. The summed E-state index contributed by atoms with van der Waals surface area (Å²) in [5.74, 6) is 2.68. The van der Waals surface area contributed by atoms with E-state index in [1.165, 1.54) is 6.42 Å². The van der Waals surface area contributed by atoms with Gasteiger partial charge in [0.1, 0.15) is 12.4 Å². The second-order valence-electron chi connectivity index (χ2n) is 6.68. The first-order valence-electron chi connectivity index (χ1n) is 9.37. The van der Waals surface area contributed by atoms with Crippen LogP contribution in [0.4, 0.5) is 0 Å². The topological polar surface area (TPSA) is 70.4 Å². The minimum atomic E-state index is 0.468. The highest BCUT2D eigenvalue weighted by Gasteiger charge is 2.19. The molecular weight excluding hydrogens is 314 g/mol. The van der Waals surface area contributed by atoms with Crippen LogP contribution in [0, 0.1) is 6.92 Å². The molecule has 1 aromatic heterocycles. The average molecular weight is 348 g/mol. The number of likely N-dealkylation sites (tertiary alicyclic amines) is 1. The molecule has 0 amide bonds. The highest BCUT2D eigenvalue weighted by atomic mass is 15.3. The molecule has 0 atom stereocenters. The van der Waals surface area contributed by atoms with Crippen molar-refractivity contribution in [2.24, 2.45) is 12.0 Å². The molecule has 7 heteroatoms. The van der Waals surface area contributed by atoms with E-state index in [2.05, 4.69) is 39.2 Å². The SMILES string of the molecule is C=CCN1CCC(NC(=NCc2nnc(C)n2C)NCCCC)CC1. The highest BCUT2D eigenvalue weighted by molar-refractivity contribution is 5.80. The van der Waals surface area contributed by atoms with Crippen LogP contribution in [0.5, 0.6) is 0 Å². The lowest BCUT2D eigenvalue weighted by Gasteiger charge is -2.32. The summed E-state index contributed by atoms with van der Waals surface area (Å²) in [6.45, 7) is 12.6. The summed E-state index contributed by atoms with van der Waals surface area (Å²) in [4.78, 5) is 7.17. The number of aliphatic imine (C=N–C) groups is 1. The molecule has 0 spiro atoms. The molecule has 2 heterocycles. The van der Waals surface area contributed by atoms with Gasteiger partial charge in [0.15, 0.2) is 11.8 Å². The van der Waals surface area contributed by atoms with Gasteiger partial charge in [0, 0.05) is 39.3 Å². The van der Waals surface area contributed by atoms with E-state index in [0.717, 1.165) is 63.0 Å². The molecule has 7 nitrogen and oxygen atoms in total. The van der Waals surface area contributed by atoms with E-state index < -0.39 is 0 Å². The predicted molar refractivity (Wildman–Crippen MR) is 103 cm³/mol. The zero-order valence-electron chi connectivity index (χ0n) is 16.0. The van der Waals surface area contributed by atoms with Gasteiger partial charge in [0.2, 0.25) is 0 Å². The van der Waals surface area contributed by atoms with Crippen LogP contribution in [0.15, 0.2) is 17.6 Å². The molecular formula is C18H33N7. The Labute approximate surface area is 151 Å². The van der Waals surface area contributed by atoms with Crippen molar-refractivity contribution in [1.29, 1.82) is 0 Å². The van der Waals surface area contributed by atoms with Crippen LogP contribution in [0.1, 0.15) is 44.3 Å². The number of hydrogen-bond acceptors (Lipinski definition) is 4. The molecule has 1 saturated heterocycles. The van der Waals surface area contributed by atoms with Crippen molar-refractivity contribution >= 4 is 5.96 Å². The van der Waals surface area contributed by atoms with Crippen LogP contribution in [-0.2, 0) is 13.6 Å². The Kier molecular flexibility index (Phi) is 7.91. The van der Waals surface area contributed by atoms with E-state index in [4.69, 9.17) is 4.99 Å². The third kappa shape index (κ3) is 6.16. The molecule has 2 rings (SSSR count). The number of unbranched alkanes of at least 4 members (excludes halogenated alkanes) is 1. The van der Waals surface area contributed by atoms with E-state index in [0.29, 0.717) is 12.6 Å². The van der Waals surface area contributed by atoms with Gasteiger partial charge in [-0.05, 0) is 26.2 Å². The van der Waals surface area contributed by atoms with Gasteiger partial charge in [0.05, 0.1) is 0 Å². The largest absolute Gasteiger partial charge is 0.356 e. The second-order valence-corrected chi connectivity index (χ2v) is 6.68. The molecule has 0 saturated carbocycles. The summed E-state index contributed by atoms with van der Waals surface area (Å²) >= 11 is 0. The van der Waals surface area contributed by atoms with Gasteiger partial charge in [-0.25, -0.2) is 4.99 Å². The van der Waals surface area contributed by atoms with Crippen molar-refractivity contribution in [3.05, 3.63) is 24.3 Å². The van der Waals surface area contributed by atoms with E-state index >= 15 is 0 Å². The average Bonchev–Trinajstić information content (AvgIpc) is 2.93. The van der Waals surface area contributed by atoms with Gasteiger partial charge in [-0.1, -0.05) is 19.4 Å². The van der Waals surface area contributed by atoms with Crippen molar-refractivity contribution in [2.45, 2.75) is 52.1 Å². The first kappa shape index (κ1) is 19.4. The van der Waals surface area contributed by atoms with Crippen molar-refractivity contribution in [1.82, 2.24) is 30.3 Å². The minimum absolute atomic E-state index is 0.468. The quantitative estimate of drug-likeness (QED) is 0.324. The number of guanidine groups is 1. The summed E-state index contributed by atoms with van der Waals surface area (Å²) in [7, 11) is 1.98. The summed E-state index contributed by atoms with van der Waals surface area (Å²) < 4.78 is 1.99.